The van der Waals surface area contributed by atoms with Gasteiger partial charge in [0.2, 0.25) is 0 Å². The number of ether oxygens (including phenoxy) is 1. The molecular formula is C11H23NO3. The smallest absolute Gasteiger partial charge is 0.325 e. The second-order valence-corrected chi connectivity index (χ2v) is 3.89. The van der Waals surface area contributed by atoms with E-state index in [1.165, 1.54) is 19.3 Å². The highest BCUT2D eigenvalue weighted by Gasteiger charge is 2.16. The van der Waals surface area contributed by atoms with Crippen LogP contribution in [0.2, 0.25) is 0 Å². The van der Waals surface area contributed by atoms with E-state index in [1.54, 1.807) is 0 Å². The van der Waals surface area contributed by atoms with Gasteiger partial charge in [0.25, 0.3) is 0 Å². The van der Waals surface area contributed by atoms with Gasteiger partial charge in [0.15, 0.2) is 0 Å². The minimum atomic E-state index is -0.900. The van der Waals surface area contributed by atoms with E-state index >= 15 is 0 Å². The van der Waals surface area contributed by atoms with Gasteiger partial charge in [-0.15, -0.1) is 0 Å². The van der Waals surface area contributed by atoms with Gasteiger partial charge in [-0.25, -0.2) is 0 Å². The fourth-order valence-electron chi connectivity index (χ4n) is 1.28. The zero-order valence-corrected chi connectivity index (χ0v) is 9.74. The summed E-state index contributed by atoms with van der Waals surface area (Å²) in [4.78, 5) is 11.2. The molecule has 0 radical (unpaired) electrons. The Morgan fingerprint density at radius 1 is 1.40 bits per heavy atom. The fourth-order valence-corrected chi connectivity index (χ4v) is 1.28. The number of nitrogens with two attached hydrogens (primary N) is 1. The maximum absolute atomic E-state index is 11.2. The molecule has 0 spiro atoms. The Balaban J connectivity index is 3.55. The van der Waals surface area contributed by atoms with Crippen LogP contribution in [0.4, 0.5) is 0 Å². The SMILES string of the molecule is CCCCCCC(C)OC(=O)[C@@H](N)CO. The normalized spacial score (nSPS) is 14.7. The van der Waals surface area contributed by atoms with Gasteiger partial charge in [0.1, 0.15) is 6.04 Å². The van der Waals surface area contributed by atoms with E-state index < -0.39 is 12.0 Å². The molecule has 0 rings (SSSR count). The van der Waals surface area contributed by atoms with Gasteiger partial charge in [0, 0.05) is 0 Å². The number of hydrogen-bond donors (Lipinski definition) is 2. The topological polar surface area (TPSA) is 72.5 Å². The predicted molar refractivity (Wildman–Crippen MR) is 59.4 cm³/mol. The highest BCUT2D eigenvalue weighted by molar-refractivity contribution is 5.75. The third-order valence-corrected chi connectivity index (χ3v) is 2.28. The summed E-state index contributed by atoms with van der Waals surface area (Å²) in [6.45, 7) is 3.65. The van der Waals surface area contributed by atoms with Crippen molar-refractivity contribution in [2.45, 2.75) is 58.1 Å². The van der Waals surface area contributed by atoms with Crippen LogP contribution in [0.25, 0.3) is 0 Å². The number of aliphatic hydroxyl groups is 1. The van der Waals surface area contributed by atoms with E-state index in [2.05, 4.69) is 6.92 Å². The van der Waals surface area contributed by atoms with Crippen molar-refractivity contribution in [2.24, 2.45) is 5.73 Å². The van der Waals surface area contributed by atoms with E-state index in [1.807, 2.05) is 6.92 Å². The van der Waals surface area contributed by atoms with Crippen molar-refractivity contribution >= 4 is 5.97 Å². The monoisotopic (exact) mass is 217 g/mol. The Morgan fingerprint density at radius 2 is 2.07 bits per heavy atom. The molecule has 0 aromatic rings. The first-order chi connectivity index (χ1) is 7.11. The van der Waals surface area contributed by atoms with E-state index in [0.717, 1.165) is 12.8 Å². The minimum Gasteiger partial charge on any atom is -0.461 e. The lowest BCUT2D eigenvalue weighted by atomic mass is 10.1. The van der Waals surface area contributed by atoms with E-state index in [-0.39, 0.29) is 12.7 Å². The third kappa shape index (κ3) is 7.33. The molecule has 0 aliphatic carbocycles. The summed E-state index contributed by atoms with van der Waals surface area (Å²) >= 11 is 0. The van der Waals surface area contributed by atoms with Crippen molar-refractivity contribution in [3.63, 3.8) is 0 Å². The van der Waals surface area contributed by atoms with Crippen LogP contribution >= 0.6 is 0 Å². The molecule has 0 saturated heterocycles. The standard InChI is InChI=1S/C11H23NO3/c1-3-4-5-6-7-9(2)15-11(14)10(12)8-13/h9-10,13H,3-8,12H2,1-2H3/t9?,10-/m0/s1. The Hall–Kier alpha value is -0.610. The number of unbranched alkanes of at least 4 members (excludes halogenated alkanes) is 3. The number of carbonyl (C=O) groups is 1. The Morgan fingerprint density at radius 3 is 2.60 bits per heavy atom. The van der Waals surface area contributed by atoms with Crippen LogP contribution in [0.15, 0.2) is 0 Å². The van der Waals surface area contributed by atoms with Crippen LogP contribution < -0.4 is 5.73 Å². The zero-order valence-electron chi connectivity index (χ0n) is 9.74. The molecule has 0 aromatic carbocycles. The molecule has 4 heteroatoms. The summed E-state index contributed by atoms with van der Waals surface area (Å²) in [7, 11) is 0. The first-order valence-corrected chi connectivity index (χ1v) is 5.68. The first-order valence-electron chi connectivity index (χ1n) is 5.68. The predicted octanol–water partition coefficient (Wildman–Crippen LogP) is 1.21. The maximum Gasteiger partial charge on any atom is 0.325 e. The quantitative estimate of drug-likeness (QED) is 0.473. The molecule has 0 amide bonds. The molecule has 4 nitrogen and oxygen atoms in total. The number of carbonyl (C=O) groups excluding carboxylic acids is 1. The summed E-state index contributed by atoms with van der Waals surface area (Å²) < 4.78 is 5.06. The van der Waals surface area contributed by atoms with Gasteiger partial charge < -0.3 is 15.6 Å². The van der Waals surface area contributed by atoms with Crippen molar-refractivity contribution in [1.29, 1.82) is 0 Å². The molecule has 15 heavy (non-hydrogen) atoms. The molecule has 0 bridgehead atoms. The maximum atomic E-state index is 11.2. The summed E-state index contributed by atoms with van der Waals surface area (Å²) in [6.07, 6.45) is 5.41. The van der Waals surface area contributed by atoms with Crippen molar-refractivity contribution in [3.8, 4) is 0 Å². The number of aliphatic hydroxyl groups excluding tert-OH is 1. The van der Waals surface area contributed by atoms with Crippen molar-refractivity contribution in [3.05, 3.63) is 0 Å². The highest BCUT2D eigenvalue weighted by Crippen LogP contribution is 2.08. The highest BCUT2D eigenvalue weighted by atomic mass is 16.5. The van der Waals surface area contributed by atoms with E-state index in [4.69, 9.17) is 15.6 Å². The van der Waals surface area contributed by atoms with Crippen molar-refractivity contribution in [2.75, 3.05) is 6.61 Å². The lowest BCUT2D eigenvalue weighted by molar-refractivity contribution is -0.151. The lowest BCUT2D eigenvalue weighted by Crippen LogP contribution is -2.37. The average Bonchev–Trinajstić information content (AvgIpc) is 2.23. The number of rotatable bonds is 8. The molecule has 0 aromatic heterocycles. The van der Waals surface area contributed by atoms with Gasteiger partial charge in [-0.3, -0.25) is 4.79 Å². The molecule has 3 N–H and O–H groups in total. The second-order valence-electron chi connectivity index (χ2n) is 3.89. The molecule has 0 fully saturated rings. The van der Waals surface area contributed by atoms with Gasteiger partial charge in [-0.2, -0.15) is 0 Å². The van der Waals surface area contributed by atoms with Crippen LogP contribution in [-0.2, 0) is 9.53 Å². The Labute approximate surface area is 91.8 Å². The van der Waals surface area contributed by atoms with Gasteiger partial charge in [0.05, 0.1) is 12.7 Å². The summed E-state index contributed by atoms with van der Waals surface area (Å²) in [6, 6.07) is -0.900. The first kappa shape index (κ1) is 14.4. The van der Waals surface area contributed by atoms with Crippen LogP contribution in [-0.4, -0.2) is 29.8 Å². The van der Waals surface area contributed by atoms with Crippen molar-refractivity contribution < 1.29 is 14.6 Å². The lowest BCUT2D eigenvalue weighted by Gasteiger charge is -2.15. The number of hydrogen-bond acceptors (Lipinski definition) is 4. The van der Waals surface area contributed by atoms with Crippen LogP contribution in [0, 0.1) is 0 Å². The molecule has 0 heterocycles. The molecule has 90 valence electrons. The fraction of sp³-hybridized carbons (Fsp3) is 0.909. The van der Waals surface area contributed by atoms with E-state index in [9.17, 15) is 4.79 Å². The van der Waals surface area contributed by atoms with Crippen molar-refractivity contribution in [1.82, 2.24) is 0 Å². The van der Waals surface area contributed by atoms with Gasteiger partial charge >= 0.3 is 5.97 Å². The molecule has 0 aliphatic rings. The molecular weight excluding hydrogens is 194 g/mol. The molecule has 1 unspecified atom stereocenters. The van der Waals surface area contributed by atoms with Gasteiger partial charge in [-0.05, 0) is 19.8 Å². The van der Waals surface area contributed by atoms with Gasteiger partial charge in [-0.1, -0.05) is 26.2 Å². The third-order valence-electron chi connectivity index (χ3n) is 2.28. The molecule has 0 aliphatic heterocycles. The summed E-state index contributed by atoms with van der Waals surface area (Å²) in [5.74, 6) is -0.513. The average molecular weight is 217 g/mol. The minimum absolute atomic E-state index is 0.105. The second kappa shape index (κ2) is 8.68. The summed E-state index contributed by atoms with van der Waals surface area (Å²) in [5, 5.41) is 8.64. The van der Waals surface area contributed by atoms with E-state index in [0.29, 0.717) is 0 Å². The zero-order chi connectivity index (χ0) is 11.7. The molecule has 2 atom stereocenters. The molecule has 0 saturated carbocycles. The number of esters is 1. The van der Waals surface area contributed by atoms with Crippen LogP contribution in [0.3, 0.4) is 0 Å². The van der Waals surface area contributed by atoms with Crippen LogP contribution in [0.1, 0.15) is 46.0 Å². The summed E-state index contributed by atoms with van der Waals surface area (Å²) in [5.41, 5.74) is 5.32. The Kier molecular flexibility index (Phi) is 8.33. The van der Waals surface area contributed by atoms with Crippen LogP contribution in [0.5, 0.6) is 0 Å². The largest absolute Gasteiger partial charge is 0.461 e. The Bertz CT molecular complexity index is 173.